The minimum absolute atomic E-state index is 0.471. The topological polar surface area (TPSA) is 43.3 Å². The van der Waals surface area contributed by atoms with Gasteiger partial charge >= 0.3 is 6.09 Å². The molecular formula is C19H27ClN2O2. The number of rotatable bonds is 6. The molecule has 0 radical (unpaired) electrons. The molecular weight excluding hydrogens is 324 g/mol. The molecule has 1 aromatic heterocycles. The van der Waals surface area contributed by atoms with E-state index in [1.807, 2.05) is 45.2 Å². The Morgan fingerprint density at radius 1 is 1.25 bits per heavy atom. The number of unbranched alkanes of at least 4 members (excludes halogenated alkanes) is 3. The normalized spacial score (nSPS) is 11.7. The Morgan fingerprint density at radius 2 is 2.00 bits per heavy atom. The van der Waals surface area contributed by atoms with E-state index in [0.717, 1.165) is 23.9 Å². The second kappa shape index (κ2) is 7.93. The average Bonchev–Trinajstić information content (AvgIpc) is 2.79. The van der Waals surface area contributed by atoms with E-state index in [-0.39, 0.29) is 0 Å². The number of amides is 1. The van der Waals surface area contributed by atoms with Crippen molar-refractivity contribution < 1.29 is 9.53 Å². The molecule has 0 aliphatic rings. The number of nitrogens with one attached hydrogen (secondary N) is 1. The summed E-state index contributed by atoms with van der Waals surface area (Å²) < 4.78 is 7.49. The number of carbonyl (C=O) groups is 1. The number of carbonyl (C=O) groups excluding carboxylic acids is 1. The van der Waals surface area contributed by atoms with Gasteiger partial charge in [-0.25, -0.2) is 4.79 Å². The molecule has 0 saturated carbocycles. The Labute approximate surface area is 149 Å². The smallest absolute Gasteiger partial charge is 0.412 e. The number of hydrogen-bond donors (Lipinski definition) is 1. The summed E-state index contributed by atoms with van der Waals surface area (Å²) in [6.07, 6.45) is 6.27. The number of aryl methyl sites for hydroxylation is 1. The molecule has 1 N–H and O–H groups in total. The summed E-state index contributed by atoms with van der Waals surface area (Å²) in [6, 6.07) is 5.80. The van der Waals surface area contributed by atoms with Crippen molar-refractivity contribution in [3.05, 3.63) is 29.4 Å². The van der Waals surface area contributed by atoms with Crippen molar-refractivity contribution in [2.75, 3.05) is 5.32 Å². The lowest BCUT2D eigenvalue weighted by molar-refractivity contribution is 0.0636. The van der Waals surface area contributed by atoms with E-state index >= 15 is 0 Å². The molecule has 1 amide bonds. The van der Waals surface area contributed by atoms with E-state index in [2.05, 4.69) is 16.8 Å². The van der Waals surface area contributed by atoms with Crippen LogP contribution in [0.4, 0.5) is 10.5 Å². The van der Waals surface area contributed by atoms with Crippen molar-refractivity contribution in [1.29, 1.82) is 0 Å². The lowest BCUT2D eigenvalue weighted by Crippen LogP contribution is -2.27. The van der Waals surface area contributed by atoms with Crippen LogP contribution >= 0.6 is 11.6 Å². The third-order valence-electron chi connectivity index (χ3n) is 3.75. The molecule has 0 spiro atoms. The number of halogens is 1. The van der Waals surface area contributed by atoms with Gasteiger partial charge in [-0.1, -0.05) is 43.9 Å². The third kappa shape index (κ3) is 4.91. The van der Waals surface area contributed by atoms with Gasteiger partial charge in [0.1, 0.15) is 5.60 Å². The molecule has 5 heteroatoms. The summed E-state index contributed by atoms with van der Waals surface area (Å²) >= 11 is 6.43. The zero-order valence-electron chi connectivity index (χ0n) is 15.0. The maximum atomic E-state index is 12.1. The molecule has 1 aromatic carbocycles. The van der Waals surface area contributed by atoms with Crippen LogP contribution in [0.2, 0.25) is 5.02 Å². The molecule has 0 atom stereocenters. The maximum absolute atomic E-state index is 12.1. The first-order valence-corrected chi connectivity index (χ1v) is 8.97. The first-order chi connectivity index (χ1) is 11.3. The number of ether oxygens (including phenoxy) is 1. The minimum atomic E-state index is -0.535. The first kappa shape index (κ1) is 18.7. The van der Waals surface area contributed by atoms with Crippen LogP contribution < -0.4 is 5.32 Å². The number of nitrogens with zero attached hydrogens (tertiary/aromatic N) is 1. The van der Waals surface area contributed by atoms with Crippen LogP contribution in [0.25, 0.3) is 10.9 Å². The van der Waals surface area contributed by atoms with Gasteiger partial charge in [0.25, 0.3) is 0 Å². The van der Waals surface area contributed by atoms with E-state index in [0.29, 0.717) is 10.7 Å². The van der Waals surface area contributed by atoms with Gasteiger partial charge in [0.2, 0.25) is 0 Å². The SMILES string of the molecule is CCCCCCn1cc(Cl)c2c(NC(=O)OC(C)(C)C)cccc21. The third-order valence-corrected chi connectivity index (χ3v) is 4.03. The molecule has 24 heavy (non-hydrogen) atoms. The van der Waals surface area contributed by atoms with Crippen molar-refractivity contribution in [3.8, 4) is 0 Å². The van der Waals surface area contributed by atoms with Gasteiger partial charge in [0, 0.05) is 18.1 Å². The van der Waals surface area contributed by atoms with Crippen molar-refractivity contribution in [1.82, 2.24) is 4.57 Å². The van der Waals surface area contributed by atoms with E-state index in [1.54, 1.807) is 0 Å². The molecule has 1 heterocycles. The average molecular weight is 351 g/mol. The van der Waals surface area contributed by atoms with Crippen LogP contribution in [0.3, 0.4) is 0 Å². The lowest BCUT2D eigenvalue weighted by atomic mass is 10.2. The highest BCUT2D eigenvalue weighted by molar-refractivity contribution is 6.37. The predicted molar refractivity (Wildman–Crippen MR) is 101 cm³/mol. The molecule has 4 nitrogen and oxygen atoms in total. The predicted octanol–water partition coefficient (Wildman–Crippen LogP) is 6.22. The second-order valence-electron chi connectivity index (χ2n) is 7.06. The van der Waals surface area contributed by atoms with Gasteiger partial charge in [0.05, 0.1) is 16.2 Å². The Hall–Kier alpha value is -1.68. The van der Waals surface area contributed by atoms with Gasteiger partial charge < -0.3 is 9.30 Å². The second-order valence-corrected chi connectivity index (χ2v) is 7.46. The standard InChI is InChI=1S/C19H27ClN2O2/c1-5-6-7-8-12-22-13-14(20)17-15(10-9-11-16(17)22)21-18(23)24-19(2,3)4/h9-11,13H,5-8,12H2,1-4H3,(H,21,23). The van der Waals surface area contributed by atoms with Crippen LogP contribution in [0.5, 0.6) is 0 Å². The molecule has 0 unspecified atom stereocenters. The van der Waals surface area contributed by atoms with Crippen molar-refractivity contribution in [2.45, 2.75) is 65.5 Å². The van der Waals surface area contributed by atoms with Crippen molar-refractivity contribution in [2.24, 2.45) is 0 Å². The minimum Gasteiger partial charge on any atom is -0.444 e. The zero-order valence-corrected chi connectivity index (χ0v) is 15.7. The fourth-order valence-electron chi connectivity index (χ4n) is 2.71. The molecule has 0 aliphatic carbocycles. The quantitative estimate of drug-likeness (QED) is 0.628. The number of hydrogen-bond acceptors (Lipinski definition) is 2. The molecule has 2 rings (SSSR count). The van der Waals surface area contributed by atoms with E-state index < -0.39 is 11.7 Å². The molecule has 0 bridgehead atoms. The summed E-state index contributed by atoms with van der Waals surface area (Å²) in [7, 11) is 0. The molecule has 2 aromatic rings. The van der Waals surface area contributed by atoms with Gasteiger partial charge in [-0.05, 0) is 39.3 Å². The first-order valence-electron chi connectivity index (χ1n) is 8.59. The van der Waals surface area contributed by atoms with Crippen LogP contribution in [0, 0.1) is 0 Å². The van der Waals surface area contributed by atoms with Crippen LogP contribution in [0.1, 0.15) is 53.4 Å². The molecule has 0 fully saturated rings. The number of aromatic nitrogens is 1. The number of fused-ring (bicyclic) bond motifs is 1. The van der Waals surface area contributed by atoms with Crippen LogP contribution in [0.15, 0.2) is 24.4 Å². The highest BCUT2D eigenvalue weighted by Crippen LogP contribution is 2.33. The molecule has 0 aliphatic heterocycles. The summed E-state index contributed by atoms with van der Waals surface area (Å²) in [5.41, 5.74) is 1.18. The fraction of sp³-hybridized carbons (Fsp3) is 0.526. The van der Waals surface area contributed by atoms with Crippen LogP contribution in [-0.2, 0) is 11.3 Å². The molecule has 132 valence electrons. The van der Waals surface area contributed by atoms with Crippen molar-refractivity contribution >= 4 is 34.3 Å². The highest BCUT2D eigenvalue weighted by Gasteiger charge is 2.18. The Bertz CT molecular complexity index is 701. The van der Waals surface area contributed by atoms with E-state index in [4.69, 9.17) is 16.3 Å². The summed E-state index contributed by atoms with van der Waals surface area (Å²) in [4.78, 5) is 12.1. The van der Waals surface area contributed by atoms with Crippen molar-refractivity contribution in [3.63, 3.8) is 0 Å². The van der Waals surface area contributed by atoms with Crippen LogP contribution in [-0.4, -0.2) is 16.3 Å². The Balaban J connectivity index is 2.20. The monoisotopic (exact) mass is 350 g/mol. The fourth-order valence-corrected chi connectivity index (χ4v) is 3.03. The maximum Gasteiger partial charge on any atom is 0.412 e. The Morgan fingerprint density at radius 3 is 2.67 bits per heavy atom. The van der Waals surface area contributed by atoms with Gasteiger partial charge in [-0.2, -0.15) is 0 Å². The largest absolute Gasteiger partial charge is 0.444 e. The lowest BCUT2D eigenvalue weighted by Gasteiger charge is -2.20. The van der Waals surface area contributed by atoms with Gasteiger partial charge in [-0.15, -0.1) is 0 Å². The number of benzene rings is 1. The van der Waals surface area contributed by atoms with Gasteiger partial charge in [-0.3, -0.25) is 5.32 Å². The molecule has 0 saturated heterocycles. The van der Waals surface area contributed by atoms with E-state index in [9.17, 15) is 4.79 Å². The summed E-state index contributed by atoms with van der Waals surface area (Å²) in [6.45, 7) is 8.66. The number of anilines is 1. The Kier molecular flexibility index (Phi) is 6.16. The van der Waals surface area contributed by atoms with Gasteiger partial charge in [0.15, 0.2) is 0 Å². The highest BCUT2D eigenvalue weighted by atomic mass is 35.5. The zero-order chi connectivity index (χ0) is 17.7. The summed E-state index contributed by atoms with van der Waals surface area (Å²) in [5, 5.41) is 4.32. The van der Waals surface area contributed by atoms with E-state index in [1.165, 1.54) is 19.3 Å². The summed E-state index contributed by atoms with van der Waals surface area (Å²) in [5.74, 6) is 0.